The molecule has 2 saturated heterocycles. The average Bonchev–Trinajstić information content (AvgIpc) is 3.36. The molecule has 11 heteroatoms. The zero-order chi connectivity index (χ0) is 25.1. The molecule has 0 spiro atoms. The van der Waals surface area contributed by atoms with E-state index in [0.29, 0.717) is 65.8 Å². The molecule has 0 aliphatic carbocycles. The van der Waals surface area contributed by atoms with Crippen molar-refractivity contribution in [3.05, 3.63) is 64.1 Å². The second kappa shape index (κ2) is 8.86. The topological polar surface area (TPSA) is 67.7 Å². The van der Waals surface area contributed by atoms with Crippen LogP contribution in [0.4, 0.5) is 14.6 Å². The van der Waals surface area contributed by atoms with Crippen LogP contribution < -0.4 is 10.6 Å². The zero-order valence-corrected chi connectivity index (χ0v) is 20.6. The van der Waals surface area contributed by atoms with Crippen molar-refractivity contribution >= 4 is 46.0 Å². The maximum atomic E-state index is 14.8. The molecule has 3 aliphatic rings. The number of ether oxygens (including phenoxy) is 1. The van der Waals surface area contributed by atoms with Crippen LogP contribution in [0.2, 0.25) is 5.02 Å². The monoisotopic (exact) mass is 530 g/mol. The molecular formula is C25H21ClF2N4O3S. The van der Waals surface area contributed by atoms with Crippen molar-refractivity contribution in [3.63, 3.8) is 0 Å². The van der Waals surface area contributed by atoms with Gasteiger partial charge in [-0.25, -0.2) is 13.6 Å². The molecule has 2 aromatic carbocycles. The lowest BCUT2D eigenvalue weighted by Gasteiger charge is -2.44. The molecule has 1 aromatic heterocycles. The fourth-order valence-electron chi connectivity index (χ4n) is 5.44. The van der Waals surface area contributed by atoms with Crippen LogP contribution in [0.25, 0.3) is 22.0 Å². The highest BCUT2D eigenvalue weighted by Crippen LogP contribution is 2.46. The first-order valence-electron chi connectivity index (χ1n) is 11.5. The van der Waals surface area contributed by atoms with Crippen LogP contribution in [-0.2, 0) is 16.1 Å². The Labute approximate surface area is 214 Å². The Hall–Kier alpha value is -2.95. The first-order chi connectivity index (χ1) is 17.4. The summed E-state index contributed by atoms with van der Waals surface area (Å²) in [6.07, 6.45) is 1.30. The van der Waals surface area contributed by atoms with Gasteiger partial charge in [-0.05, 0) is 24.3 Å². The van der Waals surface area contributed by atoms with Crippen LogP contribution in [-0.4, -0.2) is 64.5 Å². The number of nitrogens with zero attached hydrogens (tertiary/aromatic N) is 4. The molecule has 7 nitrogen and oxygen atoms in total. The third-order valence-electron chi connectivity index (χ3n) is 7.05. The highest BCUT2D eigenvalue weighted by atomic mass is 35.5. The van der Waals surface area contributed by atoms with Crippen molar-refractivity contribution < 1.29 is 18.3 Å². The number of aryl methyl sites for hydroxylation is 1. The minimum absolute atomic E-state index is 0.162. The number of fused-ring (bicyclic) bond motifs is 1. The molecule has 2 fully saturated rings. The number of hydrogen-bond acceptors (Lipinski definition) is 6. The van der Waals surface area contributed by atoms with Gasteiger partial charge < -0.3 is 14.5 Å². The van der Waals surface area contributed by atoms with E-state index >= 15 is 0 Å². The normalized spacial score (nSPS) is 21.1. The first kappa shape index (κ1) is 23.4. The van der Waals surface area contributed by atoms with Gasteiger partial charge in [-0.2, -0.15) is 4.98 Å². The van der Waals surface area contributed by atoms with Gasteiger partial charge in [-0.1, -0.05) is 18.2 Å². The van der Waals surface area contributed by atoms with Crippen LogP contribution in [0.1, 0.15) is 0 Å². The zero-order valence-electron chi connectivity index (χ0n) is 19.0. The molecule has 3 aliphatic heterocycles. The number of carbonyl (C=O) groups is 1. The first-order valence-corrected chi connectivity index (χ1v) is 12.9. The van der Waals surface area contributed by atoms with Crippen LogP contribution in [0.3, 0.4) is 0 Å². The maximum absolute atomic E-state index is 14.8. The van der Waals surface area contributed by atoms with Crippen molar-refractivity contribution in [2.24, 2.45) is 0 Å². The molecule has 3 aromatic rings. The average molecular weight is 531 g/mol. The van der Waals surface area contributed by atoms with E-state index in [0.717, 1.165) is 6.07 Å². The maximum Gasteiger partial charge on any atom is 0.350 e. The largest absolute Gasteiger partial charge is 0.377 e. The lowest BCUT2D eigenvalue weighted by molar-refractivity contribution is -0.129. The Morgan fingerprint density at radius 1 is 1.19 bits per heavy atom. The molecule has 0 bridgehead atoms. The molecule has 1 amide bonds. The molecule has 36 heavy (non-hydrogen) atoms. The minimum Gasteiger partial charge on any atom is -0.377 e. The van der Waals surface area contributed by atoms with Gasteiger partial charge in [0.2, 0.25) is 5.91 Å². The second-order valence-corrected chi connectivity index (χ2v) is 10.4. The minimum atomic E-state index is -0.726. The second-order valence-electron chi connectivity index (χ2n) is 8.90. The lowest BCUT2D eigenvalue weighted by Crippen LogP contribution is -2.61. The smallest absolute Gasteiger partial charge is 0.350 e. The summed E-state index contributed by atoms with van der Waals surface area (Å²) < 4.78 is 35.8. The summed E-state index contributed by atoms with van der Waals surface area (Å²) in [4.78, 5) is 34.5. The lowest BCUT2D eigenvalue weighted by atomic mass is 10.0. The summed E-state index contributed by atoms with van der Waals surface area (Å²) >= 11 is 8.24. The van der Waals surface area contributed by atoms with E-state index in [1.54, 1.807) is 15.5 Å². The molecule has 2 unspecified atom stereocenters. The van der Waals surface area contributed by atoms with E-state index in [9.17, 15) is 18.4 Å². The van der Waals surface area contributed by atoms with Gasteiger partial charge in [0.05, 0.1) is 35.8 Å². The number of anilines is 1. The molecule has 2 atom stereocenters. The number of halogens is 3. The van der Waals surface area contributed by atoms with E-state index in [4.69, 9.17) is 16.3 Å². The summed E-state index contributed by atoms with van der Waals surface area (Å²) in [6.45, 7) is 5.69. The molecule has 0 radical (unpaired) electrons. The van der Waals surface area contributed by atoms with Gasteiger partial charge in [0, 0.05) is 52.9 Å². The third-order valence-corrected chi connectivity index (χ3v) is 8.42. The van der Waals surface area contributed by atoms with Gasteiger partial charge in [0.1, 0.15) is 17.5 Å². The number of piperazine rings is 1. The van der Waals surface area contributed by atoms with Crippen molar-refractivity contribution in [1.29, 1.82) is 0 Å². The molecule has 0 saturated carbocycles. The van der Waals surface area contributed by atoms with E-state index in [2.05, 4.69) is 11.6 Å². The summed E-state index contributed by atoms with van der Waals surface area (Å²) in [7, 11) is 0. The van der Waals surface area contributed by atoms with Gasteiger partial charge in [0.25, 0.3) is 0 Å². The van der Waals surface area contributed by atoms with E-state index < -0.39 is 17.3 Å². The summed E-state index contributed by atoms with van der Waals surface area (Å²) in [5, 5.41) is 0.951. The Kier molecular flexibility index (Phi) is 5.77. The SMILES string of the molecule is C=CC(=O)N1CCN(c2nc(=O)n3c4c(c(-c5ccc(F)cc5F)c(Cl)cc24)SCC3)C2COCC21. The van der Waals surface area contributed by atoms with E-state index in [-0.39, 0.29) is 28.6 Å². The molecule has 0 N–H and O–H groups in total. The third kappa shape index (κ3) is 3.54. The number of carbonyl (C=O) groups excluding carboxylic acids is 1. The van der Waals surface area contributed by atoms with E-state index in [1.807, 2.05) is 4.90 Å². The Bertz CT molecular complexity index is 1500. The summed E-state index contributed by atoms with van der Waals surface area (Å²) in [6, 6.07) is 4.69. The summed E-state index contributed by atoms with van der Waals surface area (Å²) in [5.74, 6) is -0.518. The van der Waals surface area contributed by atoms with Crippen molar-refractivity contribution in [3.8, 4) is 11.1 Å². The predicted molar refractivity (Wildman–Crippen MR) is 135 cm³/mol. The predicted octanol–water partition coefficient (Wildman–Crippen LogP) is 3.70. The number of aromatic nitrogens is 2. The Morgan fingerprint density at radius 3 is 2.78 bits per heavy atom. The summed E-state index contributed by atoms with van der Waals surface area (Å²) in [5.41, 5.74) is 0.822. The molecular weight excluding hydrogens is 510 g/mol. The number of thioether (sulfide) groups is 1. The van der Waals surface area contributed by atoms with E-state index in [1.165, 1.54) is 30.0 Å². The molecule has 6 rings (SSSR count). The highest BCUT2D eigenvalue weighted by Gasteiger charge is 2.43. The van der Waals surface area contributed by atoms with Gasteiger partial charge in [-0.3, -0.25) is 9.36 Å². The number of rotatable bonds is 3. The van der Waals surface area contributed by atoms with Crippen LogP contribution in [0, 0.1) is 11.6 Å². The van der Waals surface area contributed by atoms with Gasteiger partial charge in [0.15, 0.2) is 0 Å². The highest BCUT2D eigenvalue weighted by molar-refractivity contribution is 7.99. The van der Waals surface area contributed by atoms with Crippen LogP contribution in [0.15, 0.2) is 46.6 Å². The molecule has 186 valence electrons. The number of amides is 1. The van der Waals surface area contributed by atoms with Gasteiger partial charge >= 0.3 is 5.69 Å². The van der Waals surface area contributed by atoms with Crippen LogP contribution in [0.5, 0.6) is 0 Å². The fraction of sp³-hybridized carbons (Fsp3) is 0.320. The number of hydrogen-bond donors (Lipinski definition) is 0. The Morgan fingerprint density at radius 2 is 2.00 bits per heavy atom. The Balaban J connectivity index is 1.56. The van der Waals surface area contributed by atoms with Gasteiger partial charge in [-0.15, -0.1) is 11.8 Å². The van der Waals surface area contributed by atoms with Crippen molar-refractivity contribution in [1.82, 2.24) is 14.5 Å². The van der Waals surface area contributed by atoms with Crippen molar-refractivity contribution in [2.75, 3.05) is 37.0 Å². The quantitative estimate of drug-likeness (QED) is 0.481. The molecule has 4 heterocycles. The number of benzene rings is 2. The van der Waals surface area contributed by atoms with Crippen LogP contribution >= 0.6 is 23.4 Å². The fourth-order valence-corrected chi connectivity index (χ4v) is 7.00. The standard InChI is InChI=1S/C25H21ClF2N4O3S/c1-2-20(33)30-5-6-31(19-12-35-11-18(19)30)24-15-10-16(26)21(14-4-3-13(27)9-17(14)28)23-22(15)32(7-8-36-23)25(34)29-24/h2-4,9-10,18-19H,1,5-8,11-12H2. The van der Waals surface area contributed by atoms with Crippen molar-refractivity contribution in [2.45, 2.75) is 23.5 Å².